The van der Waals surface area contributed by atoms with Gasteiger partial charge in [0.05, 0.1) is 24.8 Å². The molecule has 0 saturated carbocycles. The fourth-order valence-corrected chi connectivity index (χ4v) is 5.77. The Balaban J connectivity index is 1.74. The summed E-state index contributed by atoms with van der Waals surface area (Å²) in [7, 11) is 0. The third-order valence-electron chi connectivity index (χ3n) is 6.83. The molecule has 2 aliphatic heterocycles. The zero-order valence-electron chi connectivity index (χ0n) is 21.0. The molecule has 0 aliphatic carbocycles. The van der Waals surface area contributed by atoms with E-state index in [0.29, 0.717) is 23.5 Å². The maximum Gasteiger partial charge on any atom is 0.416 e. The molecule has 2 aromatic rings. The Kier molecular flexibility index (Phi) is 8.09. The van der Waals surface area contributed by atoms with E-state index in [9.17, 15) is 23.1 Å². The number of hydrogen-bond donors (Lipinski definition) is 1. The van der Waals surface area contributed by atoms with Crippen LogP contribution in [0.5, 0.6) is 0 Å². The molecule has 0 unspecified atom stereocenters. The van der Waals surface area contributed by atoms with E-state index in [2.05, 4.69) is 25.8 Å². The lowest BCUT2D eigenvalue weighted by Gasteiger charge is -2.24. The number of rotatable bonds is 6. The van der Waals surface area contributed by atoms with Crippen molar-refractivity contribution in [3.8, 4) is 0 Å². The van der Waals surface area contributed by atoms with Gasteiger partial charge >= 0.3 is 6.18 Å². The van der Waals surface area contributed by atoms with Gasteiger partial charge in [-0.3, -0.25) is 9.69 Å². The van der Waals surface area contributed by atoms with Crippen LogP contribution in [0.2, 0.25) is 0 Å². The van der Waals surface area contributed by atoms with Crippen molar-refractivity contribution >= 4 is 17.2 Å². The van der Waals surface area contributed by atoms with E-state index in [1.807, 2.05) is 15.7 Å². The molecule has 1 amide bonds. The molecule has 2 fully saturated rings. The van der Waals surface area contributed by atoms with E-state index in [1.165, 1.54) is 17.4 Å². The van der Waals surface area contributed by atoms with Gasteiger partial charge in [0.25, 0.3) is 5.91 Å². The predicted molar refractivity (Wildman–Crippen MR) is 132 cm³/mol. The van der Waals surface area contributed by atoms with Gasteiger partial charge in [0.15, 0.2) is 4.80 Å². The number of aromatic nitrogens is 1. The lowest BCUT2D eigenvalue weighted by atomic mass is 9.95. The summed E-state index contributed by atoms with van der Waals surface area (Å²) in [4.78, 5) is 21.3. The van der Waals surface area contributed by atoms with Gasteiger partial charge in [0, 0.05) is 35.8 Å². The fraction of sp³-hybridized carbons (Fsp3) is 0.615. The Morgan fingerprint density at radius 1 is 1.22 bits per heavy atom. The van der Waals surface area contributed by atoms with Crippen molar-refractivity contribution in [2.75, 3.05) is 19.8 Å². The number of aliphatic hydroxyl groups excluding tert-OH is 1. The summed E-state index contributed by atoms with van der Waals surface area (Å²) in [5, 5.41) is 9.67. The van der Waals surface area contributed by atoms with Crippen molar-refractivity contribution in [1.82, 2.24) is 9.47 Å². The fourth-order valence-electron chi connectivity index (χ4n) is 4.72. The molecular weight excluding hydrogens is 491 g/mol. The maximum absolute atomic E-state index is 13.5. The monoisotopic (exact) mass is 525 g/mol. The number of benzene rings is 1. The Hall–Kier alpha value is -2.01. The molecule has 0 bridgehead atoms. The van der Waals surface area contributed by atoms with Crippen molar-refractivity contribution in [3.05, 3.63) is 50.8 Å². The first-order chi connectivity index (χ1) is 17.0. The van der Waals surface area contributed by atoms with E-state index >= 15 is 0 Å². The largest absolute Gasteiger partial charge is 0.416 e. The van der Waals surface area contributed by atoms with Crippen LogP contribution < -0.4 is 4.80 Å². The third kappa shape index (κ3) is 6.27. The molecule has 0 radical (unpaired) electrons. The highest BCUT2D eigenvalue weighted by Crippen LogP contribution is 2.32. The molecular formula is C26H34F3N3O3S. The summed E-state index contributed by atoms with van der Waals surface area (Å²) in [6.07, 6.45) is 1.04. The summed E-state index contributed by atoms with van der Waals surface area (Å²) in [5.41, 5.74) is -0.618. The number of likely N-dealkylation sites (tertiary alicyclic amines) is 1. The molecule has 2 saturated heterocycles. The molecule has 4 rings (SSSR count). The lowest BCUT2D eigenvalue weighted by Crippen LogP contribution is -2.32. The number of alkyl halides is 3. The molecule has 1 aromatic carbocycles. The van der Waals surface area contributed by atoms with Gasteiger partial charge in [0.2, 0.25) is 0 Å². The average molecular weight is 526 g/mol. The Morgan fingerprint density at radius 3 is 2.64 bits per heavy atom. The van der Waals surface area contributed by atoms with Gasteiger partial charge in [-0.1, -0.05) is 26.8 Å². The van der Waals surface area contributed by atoms with Crippen molar-refractivity contribution in [3.63, 3.8) is 0 Å². The number of nitrogens with zero attached hydrogens (tertiary/aromatic N) is 3. The molecule has 1 aromatic heterocycles. The van der Waals surface area contributed by atoms with Crippen molar-refractivity contribution in [1.29, 1.82) is 0 Å². The Labute approximate surface area is 213 Å². The highest BCUT2D eigenvalue weighted by Gasteiger charge is 2.33. The minimum Gasteiger partial charge on any atom is -0.395 e. The van der Waals surface area contributed by atoms with Gasteiger partial charge in [-0.15, -0.1) is 11.3 Å². The van der Waals surface area contributed by atoms with E-state index < -0.39 is 17.6 Å². The molecule has 2 atom stereocenters. The number of amides is 1. The van der Waals surface area contributed by atoms with E-state index in [0.717, 1.165) is 49.2 Å². The first-order valence-corrected chi connectivity index (χ1v) is 13.2. The first kappa shape index (κ1) is 27.0. The number of ether oxygens (including phenoxy) is 1. The molecule has 36 heavy (non-hydrogen) atoms. The Bertz CT molecular complexity index is 1140. The van der Waals surface area contributed by atoms with Crippen LogP contribution in [0.1, 0.15) is 72.8 Å². The zero-order chi connectivity index (χ0) is 26.1. The normalized spacial score (nSPS) is 22.0. The molecule has 0 spiro atoms. The predicted octanol–water partition coefficient (Wildman–Crippen LogP) is 4.74. The second kappa shape index (κ2) is 10.8. The van der Waals surface area contributed by atoms with E-state index in [4.69, 9.17) is 4.74 Å². The van der Waals surface area contributed by atoms with E-state index in [1.54, 1.807) is 0 Å². The number of carbonyl (C=O) groups excluding carboxylic acids is 1. The second-order valence-electron chi connectivity index (χ2n) is 10.7. The van der Waals surface area contributed by atoms with Crippen LogP contribution in [0, 0.1) is 0 Å². The number of hydrogen-bond acceptors (Lipinski definition) is 5. The van der Waals surface area contributed by atoms with Crippen LogP contribution in [0.4, 0.5) is 13.2 Å². The summed E-state index contributed by atoms with van der Waals surface area (Å²) in [6, 6.07) is 3.23. The number of thiazole rings is 1. The van der Waals surface area contributed by atoms with Crippen LogP contribution in [-0.2, 0) is 29.4 Å². The zero-order valence-corrected chi connectivity index (χ0v) is 21.8. The van der Waals surface area contributed by atoms with Gasteiger partial charge in [-0.25, -0.2) is 0 Å². The van der Waals surface area contributed by atoms with Crippen LogP contribution in [0.3, 0.4) is 0 Å². The molecule has 198 valence electrons. The van der Waals surface area contributed by atoms with Gasteiger partial charge in [-0.05, 0) is 55.3 Å². The van der Waals surface area contributed by atoms with Crippen LogP contribution >= 0.6 is 11.3 Å². The van der Waals surface area contributed by atoms with Gasteiger partial charge in [0.1, 0.15) is 0 Å². The van der Waals surface area contributed by atoms with E-state index in [-0.39, 0.29) is 36.3 Å². The summed E-state index contributed by atoms with van der Waals surface area (Å²) >= 11 is 1.38. The van der Waals surface area contributed by atoms with Crippen LogP contribution in [0.15, 0.2) is 29.4 Å². The highest BCUT2D eigenvalue weighted by molar-refractivity contribution is 7.09. The summed E-state index contributed by atoms with van der Waals surface area (Å²) < 4.78 is 48.3. The third-order valence-corrected chi connectivity index (χ3v) is 8.28. The van der Waals surface area contributed by atoms with Crippen LogP contribution in [0.25, 0.3) is 0 Å². The van der Waals surface area contributed by atoms with Crippen molar-refractivity contribution in [2.45, 2.75) is 83.3 Å². The molecule has 6 nitrogen and oxygen atoms in total. The lowest BCUT2D eigenvalue weighted by molar-refractivity contribution is -0.137. The minimum absolute atomic E-state index is 0.0242. The SMILES string of the molecule is CC(C)(C)c1cn(C[C@H]2CCCO2)c(=NC(=O)c2cc(C(F)(F)F)ccc2CN2CCC[C@@H]2CO)s1. The second-order valence-corrected chi connectivity index (χ2v) is 11.7. The van der Waals surface area contributed by atoms with Crippen molar-refractivity contribution < 1.29 is 27.8 Å². The van der Waals surface area contributed by atoms with Crippen LogP contribution in [-0.4, -0.2) is 52.4 Å². The molecule has 2 aliphatic rings. The minimum atomic E-state index is -4.57. The van der Waals surface area contributed by atoms with Gasteiger partial charge < -0.3 is 14.4 Å². The standard InChI is InChI=1S/C26H34F3N3O3S/c1-25(2,3)22-15-32(14-20-7-5-11-35-20)24(36-22)30-23(34)21-12-18(26(27,28)29)9-8-17(21)13-31-10-4-6-19(31)16-33/h8-9,12,15,19-20,33H,4-7,10-11,13-14,16H2,1-3H3/t19-,20-/m1/s1. The summed E-state index contributed by atoms with van der Waals surface area (Å²) in [5.74, 6) is -0.695. The van der Waals surface area contributed by atoms with Crippen molar-refractivity contribution in [2.24, 2.45) is 4.99 Å². The quantitative estimate of drug-likeness (QED) is 0.592. The number of aliphatic hydroxyl groups is 1. The highest BCUT2D eigenvalue weighted by atomic mass is 32.1. The first-order valence-electron chi connectivity index (χ1n) is 12.4. The van der Waals surface area contributed by atoms with Gasteiger partial charge in [-0.2, -0.15) is 18.2 Å². The molecule has 10 heteroatoms. The average Bonchev–Trinajstić information content (AvgIpc) is 3.55. The summed E-state index contributed by atoms with van der Waals surface area (Å²) in [6.45, 7) is 8.43. The smallest absolute Gasteiger partial charge is 0.395 e. The Morgan fingerprint density at radius 2 is 2.00 bits per heavy atom. The molecule has 3 heterocycles. The topological polar surface area (TPSA) is 67.1 Å². The number of halogens is 3. The number of carbonyl (C=O) groups is 1. The molecule has 1 N–H and O–H groups in total. The maximum atomic E-state index is 13.5.